The molecule has 1 aromatic heterocycles. The van der Waals surface area contributed by atoms with Gasteiger partial charge < -0.3 is 9.64 Å². The molecule has 2 rings (SSSR count). The number of aryl methyl sites for hydroxylation is 1. The standard InChI is InChI=1S/C17H23F3N2O2/c1-11-14(17(18,19)20)9-13(10-21-11)12-5-7-22(8-6-12)15(23)24-16(2,3)4/h9-10,12H,5-8H2,1-4H3. The smallest absolute Gasteiger partial charge is 0.418 e. The first kappa shape index (κ1) is 18.5. The maximum atomic E-state index is 13.0. The largest absolute Gasteiger partial charge is 0.444 e. The third-order valence-corrected chi connectivity index (χ3v) is 4.03. The molecule has 1 fully saturated rings. The van der Waals surface area contributed by atoms with Crippen LogP contribution >= 0.6 is 0 Å². The maximum Gasteiger partial charge on any atom is 0.418 e. The van der Waals surface area contributed by atoms with Gasteiger partial charge in [-0.3, -0.25) is 4.98 Å². The van der Waals surface area contributed by atoms with Crippen molar-refractivity contribution < 1.29 is 22.7 Å². The molecule has 0 bridgehead atoms. The molecule has 0 spiro atoms. The lowest BCUT2D eigenvalue weighted by Crippen LogP contribution is -2.41. The molecule has 0 aliphatic carbocycles. The third kappa shape index (κ3) is 4.61. The molecular weight excluding hydrogens is 321 g/mol. The van der Waals surface area contributed by atoms with Crippen LogP contribution in [0, 0.1) is 6.92 Å². The molecule has 7 heteroatoms. The highest BCUT2D eigenvalue weighted by Crippen LogP contribution is 2.35. The minimum Gasteiger partial charge on any atom is -0.444 e. The van der Waals surface area contributed by atoms with Gasteiger partial charge >= 0.3 is 12.3 Å². The van der Waals surface area contributed by atoms with E-state index in [1.165, 1.54) is 19.2 Å². The second-order valence-corrected chi connectivity index (χ2v) is 7.14. The van der Waals surface area contributed by atoms with Crippen molar-refractivity contribution in [2.24, 2.45) is 0 Å². The van der Waals surface area contributed by atoms with Crippen LogP contribution in [0.2, 0.25) is 0 Å². The highest BCUT2D eigenvalue weighted by Gasteiger charge is 2.34. The van der Waals surface area contributed by atoms with Crippen LogP contribution in [0.4, 0.5) is 18.0 Å². The number of hydrogen-bond donors (Lipinski definition) is 0. The highest BCUT2D eigenvalue weighted by atomic mass is 19.4. The van der Waals surface area contributed by atoms with Gasteiger partial charge in [0.05, 0.1) is 5.56 Å². The van der Waals surface area contributed by atoms with Gasteiger partial charge in [0.15, 0.2) is 0 Å². The lowest BCUT2D eigenvalue weighted by atomic mass is 9.89. The Morgan fingerprint density at radius 2 is 1.83 bits per heavy atom. The summed E-state index contributed by atoms with van der Waals surface area (Å²) in [7, 11) is 0. The number of piperidine rings is 1. The van der Waals surface area contributed by atoms with Gasteiger partial charge in [-0.25, -0.2) is 4.79 Å². The van der Waals surface area contributed by atoms with Gasteiger partial charge in [-0.1, -0.05) is 0 Å². The number of amides is 1. The predicted octanol–water partition coefficient (Wildman–Crippen LogP) is 4.52. The van der Waals surface area contributed by atoms with Crippen LogP contribution in [0.25, 0.3) is 0 Å². The summed E-state index contributed by atoms with van der Waals surface area (Å²) in [5.41, 5.74) is -0.681. The van der Waals surface area contributed by atoms with E-state index in [1.54, 1.807) is 25.7 Å². The number of hydrogen-bond acceptors (Lipinski definition) is 3. The molecule has 0 unspecified atom stereocenters. The number of pyridine rings is 1. The van der Waals surface area contributed by atoms with Crippen LogP contribution in [-0.2, 0) is 10.9 Å². The normalized spacial score (nSPS) is 17.0. The second-order valence-electron chi connectivity index (χ2n) is 7.14. The van der Waals surface area contributed by atoms with Crippen molar-refractivity contribution in [3.8, 4) is 0 Å². The number of carbonyl (C=O) groups is 1. The van der Waals surface area contributed by atoms with Crippen molar-refractivity contribution in [2.45, 2.75) is 58.2 Å². The molecule has 24 heavy (non-hydrogen) atoms. The van der Waals surface area contributed by atoms with E-state index in [0.717, 1.165) is 0 Å². The molecule has 1 aromatic rings. The summed E-state index contributed by atoms with van der Waals surface area (Å²) in [6, 6.07) is 1.19. The lowest BCUT2D eigenvalue weighted by Gasteiger charge is -2.33. The van der Waals surface area contributed by atoms with E-state index in [-0.39, 0.29) is 17.7 Å². The fraction of sp³-hybridized carbons (Fsp3) is 0.647. The molecule has 1 saturated heterocycles. The van der Waals surface area contributed by atoms with Crippen molar-refractivity contribution in [1.29, 1.82) is 0 Å². The Balaban J connectivity index is 2.04. The highest BCUT2D eigenvalue weighted by molar-refractivity contribution is 5.68. The van der Waals surface area contributed by atoms with E-state index in [0.29, 0.717) is 31.5 Å². The Labute approximate surface area is 140 Å². The average molecular weight is 344 g/mol. The van der Waals surface area contributed by atoms with E-state index < -0.39 is 17.3 Å². The zero-order valence-electron chi connectivity index (χ0n) is 14.4. The summed E-state index contributed by atoms with van der Waals surface area (Å²) in [4.78, 5) is 17.5. The first-order chi connectivity index (χ1) is 11.0. The number of rotatable bonds is 1. The Morgan fingerprint density at radius 1 is 1.25 bits per heavy atom. The van der Waals surface area contributed by atoms with Gasteiger partial charge in [0.2, 0.25) is 0 Å². The van der Waals surface area contributed by atoms with Crippen molar-refractivity contribution in [2.75, 3.05) is 13.1 Å². The van der Waals surface area contributed by atoms with Gasteiger partial charge in [0.1, 0.15) is 5.60 Å². The minimum atomic E-state index is -4.40. The first-order valence-corrected chi connectivity index (χ1v) is 7.99. The zero-order valence-corrected chi connectivity index (χ0v) is 14.4. The quantitative estimate of drug-likeness (QED) is 0.752. The zero-order chi connectivity index (χ0) is 18.1. The van der Waals surface area contributed by atoms with E-state index in [9.17, 15) is 18.0 Å². The third-order valence-electron chi connectivity index (χ3n) is 4.03. The molecule has 0 atom stereocenters. The molecular formula is C17H23F3N2O2. The molecule has 0 radical (unpaired) electrons. The molecule has 1 aliphatic rings. The molecule has 0 saturated carbocycles. The van der Waals surface area contributed by atoms with Gasteiger partial charge in [0, 0.05) is 25.0 Å². The first-order valence-electron chi connectivity index (χ1n) is 7.99. The summed E-state index contributed by atoms with van der Waals surface area (Å²) in [5, 5.41) is 0. The van der Waals surface area contributed by atoms with Crippen LogP contribution in [0.15, 0.2) is 12.3 Å². The van der Waals surface area contributed by atoms with Crippen molar-refractivity contribution in [1.82, 2.24) is 9.88 Å². The summed E-state index contributed by atoms with van der Waals surface area (Å²) in [6.45, 7) is 7.69. The van der Waals surface area contributed by atoms with E-state index in [4.69, 9.17) is 4.74 Å². The van der Waals surface area contributed by atoms with Crippen LogP contribution in [0.5, 0.6) is 0 Å². The second kappa shape index (κ2) is 6.61. The summed E-state index contributed by atoms with van der Waals surface area (Å²) >= 11 is 0. The topological polar surface area (TPSA) is 42.4 Å². The fourth-order valence-corrected chi connectivity index (χ4v) is 2.78. The molecule has 4 nitrogen and oxygen atoms in total. The number of carbonyl (C=O) groups excluding carboxylic acids is 1. The van der Waals surface area contributed by atoms with Crippen molar-refractivity contribution >= 4 is 6.09 Å². The monoisotopic (exact) mass is 344 g/mol. The van der Waals surface area contributed by atoms with Crippen LogP contribution in [-0.4, -0.2) is 34.7 Å². The van der Waals surface area contributed by atoms with Gasteiger partial charge in [-0.05, 0) is 58.1 Å². The van der Waals surface area contributed by atoms with Gasteiger partial charge in [-0.15, -0.1) is 0 Å². The number of nitrogens with zero attached hydrogens (tertiary/aromatic N) is 2. The predicted molar refractivity (Wildman–Crippen MR) is 83.8 cm³/mol. The molecule has 134 valence electrons. The van der Waals surface area contributed by atoms with Crippen molar-refractivity contribution in [3.63, 3.8) is 0 Å². The SMILES string of the molecule is Cc1ncc(C2CCN(C(=O)OC(C)(C)C)CC2)cc1C(F)(F)F. The molecule has 1 aliphatic heterocycles. The van der Waals surface area contributed by atoms with Crippen LogP contribution < -0.4 is 0 Å². The number of aromatic nitrogens is 1. The van der Waals surface area contributed by atoms with Crippen LogP contribution in [0.3, 0.4) is 0 Å². The van der Waals surface area contributed by atoms with Crippen LogP contribution in [0.1, 0.15) is 56.4 Å². The maximum absolute atomic E-state index is 13.0. The Bertz CT molecular complexity index is 601. The van der Waals surface area contributed by atoms with Crippen molar-refractivity contribution in [3.05, 3.63) is 29.1 Å². The molecule has 2 heterocycles. The number of halogens is 3. The van der Waals surface area contributed by atoms with E-state index >= 15 is 0 Å². The minimum absolute atomic E-state index is 0.0163. The number of likely N-dealkylation sites (tertiary alicyclic amines) is 1. The van der Waals surface area contributed by atoms with E-state index in [1.807, 2.05) is 0 Å². The molecule has 0 N–H and O–H groups in total. The summed E-state index contributed by atoms with van der Waals surface area (Å²) < 4.78 is 44.4. The molecule has 0 aromatic carbocycles. The average Bonchev–Trinajstić information content (AvgIpc) is 2.45. The summed E-state index contributed by atoms with van der Waals surface area (Å²) in [6.07, 6.45) is -2.07. The number of alkyl halides is 3. The lowest BCUT2D eigenvalue weighted by molar-refractivity contribution is -0.138. The Morgan fingerprint density at radius 3 is 2.33 bits per heavy atom. The molecule has 1 amide bonds. The Kier molecular flexibility index (Phi) is 5.11. The number of ether oxygens (including phenoxy) is 1. The Hall–Kier alpha value is -1.79. The van der Waals surface area contributed by atoms with Gasteiger partial charge in [-0.2, -0.15) is 13.2 Å². The van der Waals surface area contributed by atoms with E-state index in [2.05, 4.69) is 4.98 Å². The summed E-state index contributed by atoms with van der Waals surface area (Å²) in [5.74, 6) is -0.0297. The fourth-order valence-electron chi connectivity index (χ4n) is 2.78. The van der Waals surface area contributed by atoms with Gasteiger partial charge in [0.25, 0.3) is 0 Å².